The maximum absolute atomic E-state index is 13.2. The number of rotatable bonds is 2. The predicted octanol–water partition coefficient (Wildman–Crippen LogP) is 3.33. The summed E-state index contributed by atoms with van der Waals surface area (Å²) in [6, 6.07) is 7.98. The van der Waals surface area contributed by atoms with Crippen molar-refractivity contribution in [3.05, 3.63) is 72.5 Å². The van der Waals surface area contributed by atoms with Gasteiger partial charge in [-0.3, -0.25) is 4.79 Å². The first-order valence-electron chi connectivity index (χ1n) is 10.1. The van der Waals surface area contributed by atoms with Crippen LogP contribution in [0, 0.1) is 6.92 Å². The third-order valence-electron chi connectivity index (χ3n) is 5.80. The molecule has 0 fully saturated rings. The fourth-order valence-electron chi connectivity index (χ4n) is 4.26. The molecule has 0 bridgehead atoms. The first-order chi connectivity index (χ1) is 15.2. The zero-order chi connectivity index (χ0) is 20.9. The summed E-state index contributed by atoms with van der Waals surface area (Å²) in [4.78, 5) is 35.7. The van der Waals surface area contributed by atoms with Gasteiger partial charge >= 0.3 is 0 Å². The predicted molar refractivity (Wildman–Crippen MR) is 116 cm³/mol. The molecule has 8 heteroatoms. The summed E-state index contributed by atoms with van der Waals surface area (Å²) in [5.74, 6) is 0.896. The van der Waals surface area contributed by atoms with Crippen LogP contribution in [0.3, 0.4) is 0 Å². The molecule has 1 amide bonds. The molecule has 1 aliphatic rings. The molecule has 1 aromatic carbocycles. The molecule has 0 saturated carbocycles. The lowest BCUT2D eigenvalue weighted by Crippen LogP contribution is -2.38. The van der Waals surface area contributed by atoms with Gasteiger partial charge in [0, 0.05) is 54.2 Å². The summed E-state index contributed by atoms with van der Waals surface area (Å²) in [6.45, 7) is 3.90. The number of aryl methyl sites for hydroxylation is 1. The van der Waals surface area contributed by atoms with Crippen molar-refractivity contribution in [3.63, 3.8) is 0 Å². The van der Waals surface area contributed by atoms with Gasteiger partial charge in [-0.15, -0.1) is 0 Å². The molecule has 4 aromatic heterocycles. The highest BCUT2D eigenvalue weighted by Crippen LogP contribution is 2.30. The van der Waals surface area contributed by atoms with Gasteiger partial charge in [0.05, 0.1) is 23.3 Å². The number of aromatic amines is 1. The van der Waals surface area contributed by atoms with E-state index in [0.29, 0.717) is 18.7 Å². The van der Waals surface area contributed by atoms with Crippen LogP contribution >= 0.6 is 0 Å². The number of hydrogen-bond acceptors (Lipinski definition) is 5. The minimum Gasteiger partial charge on any atom is -0.346 e. The topological polar surface area (TPSA) is 92.6 Å². The number of amides is 1. The van der Waals surface area contributed by atoms with Crippen LogP contribution in [-0.2, 0) is 13.1 Å². The Balaban J connectivity index is 1.37. The summed E-state index contributed by atoms with van der Waals surface area (Å²) >= 11 is 0. The van der Waals surface area contributed by atoms with E-state index in [1.807, 2.05) is 42.4 Å². The quantitative estimate of drug-likeness (QED) is 0.483. The number of imidazole rings is 1. The fourth-order valence-corrected chi connectivity index (χ4v) is 4.26. The molecule has 8 nitrogen and oxygen atoms in total. The number of hydrogen-bond donors (Lipinski definition) is 1. The highest BCUT2D eigenvalue weighted by Gasteiger charge is 2.24. The van der Waals surface area contributed by atoms with Crippen LogP contribution in [0.5, 0.6) is 0 Å². The Morgan fingerprint density at radius 1 is 1.13 bits per heavy atom. The van der Waals surface area contributed by atoms with Crippen LogP contribution in [-0.4, -0.2) is 46.8 Å². The van der Waals surface area contributed by atoms with Crippen LogP contribution in [0.4, 0.5) is 0 Å². The number of carbonyl (C=O) groups excluding carboxylic acids is 1. The van der Waals surface area contributed by atoms with Gasteiger partial charge in [-0.05, 0) is 30.7 Å². The highest BCUT2D eigenvalue weighted by molar-refractivity contribution is 6.01. The van der Waals surface area contributed by atoms with Gasteiger partial charge in [0.25, 0.3) is 5.91 Å². The van der Waals surface area contributed by atoms with Crippen molar-refractivity contribution >= 4 is 27.8 Å². The molecule has 31 heavy (non-hydrogen) atoms. The van der Waals surface area contributed by atoms with E-state index >= 15 is 0 Å². The van der Waals surface area contributed by atoms with Crippen molar-refractivity contribution in [1.82, 2.24) is 34.4 Å². The van der Waals surface area contributed by atoms with E-state index in [1.165, 1.54) is 0 Å². The van der Waals surface area contributed by atoms with E-state index in [4.69, 9.17) is 0 Å². The molecule has 5 aromatic rings. The van der Waals surface area contributed by atoms with Gasteiger partial charge < -0.3 is 14.5 Å². The van der Waals surface area contributed by atoms with Crippen molar-refractivity contribution < 1.29 is 4.79 Å². The summed E-state index contributed by atoms with van der Waals surface area (Å²) < 4.78 is 2.12. The Hall–Kier alpha value is -4.07. The lowest BCUT2D eigenvalue weighted by atomic mass is 10.0. The first-order valence-corrected chi connectivity index (χ1v) is 10.1. The second-order valence-corrected chi connectivity index (χ2v) is 7.84. The van der Waals surface area contributed by atoms with Gasteiger partial charge in [-0.2, -0.15) is 0 Å². The largest absolute Gasteiger partial charge is 0.346 e. The van der Waals surface area contributed by atoms with Crippen molar-refractivity contribution in [2.24, 2.45) is 0 Å². The van der Waals surface area contributed by atoms with Crippen LogP contribution in [0.15, 0.2) is 55.4 Å². The standard InChI is InChI=1S/C23H19N7O/c1-14-11-29-4-5-30(12-21(29)28-14)23(31)17-7-18-19(10-26-22(18)25-9-17)15-2-3-20-16(6-15)8-24-13-27-20/h2-3,6-11,13H,4-5,12H2,1H3,(H,25,26). The van der Waals surface area contributed by atoms with E-state index in [1.54, 1.807) is 18.7 Å². The molecule has 0 unspecified atom stereocenters. The molecule has 0 aliphatic carbocycles. The number of nitrogens with one attached hydrogen (secondary N) is 1. The van der Waals surface area contributed by atoms with Gasteiger partial charge in [-0.1, -0.05) is 6.07 Å². The number of carbonyl (C=O) groups is 1. The lowest BCUT2D eigenvalue weighted by molar-refractivity contribution is 0.0707. The van der Waals surface area contributed by atoms with E-state index in [2.05, 4.69) is 35.6 Å². The molecule has 0 radical (unpaired) electrons. The second-order valence-electron chi connectivity index (χ2n) is 7.84. The van der Waals surface area contributed by atoms with Crippen molar-refractivity contribution in [1.29, 1.82) is 0 Å². The normalized spacial score (nSPS) is 13.6. The molecule has 0 atom stereocenters. The number of fused-ring (bicyclic) bond motifs is 3. The SMILES string of the molecule is Cc1cn2c(n1)CN(C(=O)c1cnc3[nH]cc(-c4ccc5ncncc5c4)c3c1)CC2. The lowest BCUT2D eigenvalue weighted by Gasteiger charge is -2.27. The maximum Gasteiger partial charge on any atom is 0.255 e. The minimum absolute atomic E-state index is 0.0274. The Morgan fingerprint density at radius 2 is 2.06 bits per heavy atom. The van der Waals surface area contributed by atoms with Gasteiger partial charge in [0.1, 0.15) is 17.8 Å². The monoisotopic (exact) mass is 409 g/mol. The van der Waals surface area contributed by atoms with E-state index < -0.39 is 0 Å². The van der Waals surface area contributed by atoms with Gasteiger partial charge in [0.2, 0.25) is 0 Å². The van der Waals surface area contributed by atoms with Crippen molar-refractivity contribution in [2.75, 3.05) is 6.54 Å². The Morgan fingerprint density at radius 3 is 3.00 bits per heavy atom. The third kappa shape index (κ3) is 2.95. The minimum atomic E-state index is -0.0274. The molecule has 152 valence electrons. The number of H-pyrrole nitrogens is 1. The Bertz CT molecular complexity index is 1470. The van der Waals surface area contributed by atoms with E-state index in [0.717, 1.165) is 51.1 Å². The highest BCUT2D eigenvalue weighted by atomic mass is 16.2. The van der Waals surface area contributed by atoms with Crippen LogP contribution in [0.2, 0.25) is 0 Å². The molecule has 1 N–H and O–H groups in total. The van der Waals surface area contributed by atoms with Crippen molar-refractivity contribution in [3.8, 4) is 11.1 Å². The van der Waals surface area contributed by atoms with Crippen LogP contribution < -0.4 is 0 Å². The second kappa shape index (κ2) is 6.73. The van der Waals surface area contributed by atoms with Crippen LogP contribution in [0.1, 0.15) is 21.9 Å². The number of pyridine rings is 1. The average Bonchev–Trinajstić information content (AvgIpc) is 3.39. The third-order valence-corrected chi connectivity index (χ3v) is 5.80. The number of aromatic nitrogens is 6. The summed E-state index contributed by atoms with van der Waals surface area (Å²) in [7, 11) is 0. The molecule has 1 aliphatic heterocycles. The fraction of sp³-hybridized carbons (Fsp3) is 0.174. The molecule has 6 rings (SSSR count). The molecule has 0 saturated heterocycles. The zero-order valence-corrected chi connectivity index (χ0v) is 16.9. The number of benzene rings is 1. The first kappa shape index (κ1) is 17.8. The smallest absolute Gasteiger partial charge is 0.255 e. The molecule has 0 spiro atoms. The number of nitrogens with zero attached hydrogens (tertiary/aromatic N) is 6. The molecular formula is C23H19N7O. The Kier molecular flexibility index (Phi) is 3.86. The summed E-state index contributed by atoms with van der Waals surface area (Å²) in [6.07, 6.45) is 8.95. The molecule has 5 heterocycles. The zero-order valence-electron chi connectivity index (χ0n) is 16.9. The summed E-state index contributed by atoms with van der Waals surface area (Å²) in [5, 5.41) is 1.88. The van der Waals surface area contributed by atoms with Gasteiger partial charge in [0.15, 0.2) is 0 Å². The van der Waals surface area contributed by atoms with Crippen molar-refractivity contribution in [2.45, 2.75) is 20.0 Å². The Labute approximate surface area is 177 Å². The van der Waals surface area contributed by atoms with E-state index in [-0.39, 0.29) is 5.91 Å². The van der Waals surface area contributed by atoms with E-state index in [9.17, 15) is 4.79 Å². The van der Waals surface area contributed by atoms with Crippen LogP contribution in [0.25, 0.3) is 33.1 Å². The van der Waals surface area contributed by atoms with Gasteiger partial charge in [-0.25, -0.2) is 19.9 Å². The summed E-state index contributed by atoms with van der Waals surface area (Å²) in [5.41, 5.74) is 5.22. The molecular weight excluding hydrogens is 390 g/mol. The maximum atomic E-state index is 13.2. The average molecular weight is 409 g/mol.